The van der Waals surface area contributed by atoms with Gasteiger partial charge in [-0.1, -0.05) is 29.8 Å². The maximum Gasteiger partial charge on any atom is 0.313 e. The van der Waals surface area contributed by atoms with E-state index in [1.54, 1.807) is 23.2 Å². The number of aryl methyl sites for hydroxylation is 1. The van der Waals surface area contributed by atoms with Crippen molar-refractivity contribution in [2.75, 3.05) is 11.9 Å². The molecular formula is C19H21N3O2. The molecule has 1 aliphatic heterocycles. The third-order valence-electron chi connectivity index (χ3n) is 4.34. The van der Waals surface area contributed by atoms with E-state index in [1.807, 2.05) is 0 Å². The maximum atomic E-state index is 12.5. The molecule has 1 aromatic heterocycles. The number of hydrogen-bond donors (Lipinski definition) is 1. The molecule has 0 saturated carbocycles. The average Bonchev–Trinajstić information content (AvgIpc) is 3.05. The Hall–Kier alpha value is -2.69. The molecule has 0 spiro atoms. The van der Waals surface area contributed by atoms with Gasteiger partial charge in [0.25, 0.3) is 0 Å². The van der Waals surface area contributed by atoms with Gasteiger partial charge in [0.15, 0.2) is 0 Å². The second-order valence-electron chi connectivity index (χ2n) is 6.18. The standard InChI is InChI=1S/C19H21N3O2/c1-14-6-8-15(9-7-14)12-17-5-3-11-22(17)19(24)18(23)21-16-4-2-10-20-13-16/h2,4,6-10,13,17H,3,5,11-12H2,1H3,(H,21,23)/t17-/m1/s1. The molecule has 5 heteroatoms. The third kappa shape index (κ3) is 3.79. The number of aromatic nitrogens is 1. The summed E-state index contributed by atoms with van der Waals surface area (Å²) in [6, 6.07) is 11.8. The molecular weight excluding hydrogens is 302 g/mol. The zero-order chi connectivity index (χ0) is 16.9. The van der Waals surface area contributed by atoms with Crippen molar-refractivity contribution in [2.24, 2.45) is 0 Å². The average molecular weight is 323 g/mol. The van der Waals surface area contributed by atoms with Gasteiger partial charge in [0.05, 0.1) is 11.9 Å². The number of pyridine rings is 1. The van der Waals surface area contributed by atoms with Crippen LogP contribution in [-0.2, 0) is 16.0 Å². The van der Waals surface area contributed by atoms with E-state index in [2.05, 4.69) is 41.5 Å². The smallest absolute Gasteiger partial charge is 0.313 e. The van der Waals surface area contributed by atoms with Crippen molar-refractivity contribution in [1.82, 2.24) is 9.88 Å². The lowest BCUT2D eigenvalue weighted by atomic mass is 10.0. The van der Waals surface area contributed by atoms with Crippen LogP contribution in [0.1, 0.15) is 24.0 Å². The van der Waals surface area contributed by atoms with Gasteiger partial charge in [0.1, 0.15) is 0 Å². The molecule has 0 unspecified atom stereocenters. The molecule has 1 aromatic carbocycles. The van der Waals surface area contributed by atoms with Gasteiger partial charge in [-0.3, -0.25) is 14.6 Å². The monoisotopic (exact) mass is 323 g/mol. The van der Waals surface area contributed by atoms with Crippen LogP contribution in [0.3, 0.4) is 0 Å². The lowest BCUT2D eigenvalue weighted by Crippen LogP contribution is -2.43. The Bertz CT molecular complexity index is 713. The highest BCUT2D eigenvalue weighted by molar-refractivity contribution is 6.39. The molecule has 0 radical (unpaired) electrons. The lowest BCUT2D eigenvalue weighted by molar-refractivity contribution is -0.143. The van der Waals surface area contributed by atoms with Crippen LogP contribution >= 0.6 is 0 Å². The Balaban J connectivity index is 1.64. The first-order valence-electron chi connectivity index (χ1n) is 8.21. The molecule has 1 saturated heterocycles. The molecule has 124 valence electrons. The van der Waals surface area contributed by atoms with Crippen molar-refractivity contribution in [1.29, 1.82) is 0 Å². The van der Waals surface area contributed by atoms with Gasteiger partial charge in [0, 0.05) is 18.8 Å². The number of hydrogen-bond acceptors (Lipinski definition) is 3. The molecule has 2 aromatic rings. The van der Waals surface area contributed by atoms with E-state index >= 15 is 0 Å². The summed E-state index contributed by atoms with van der Waals surface area (Å²) in [7, 11) is 0. The van der Waals surface area contributed by atoms with E-state index in [0.717, 1.165) is 19.3 Å². The number of carbonyl (C=O) groups excluding carboxylic acids is 2. The lowest BCUT2D eigenvalue weighted by Gasteiger charge is -2.24. The maximum absolute atomic E-state index is 12.5. The largest absolute Gasteiger partial charge is 0.331 e. The highest BCUT2D eigenvalue weighted by Crippen LogP contribution is 2.22. The fourth-order valence-electron chi connectivity index (χ4n) is 3.06. The molecule has 24 heavy (non-hydrogen) atoms. The van der Waals surface area contributed by atoms with E-state index in [9.17, 15) is 9.59 Å². The second kappa shape index (κ2) is 7.25. The molecule has 1 fully saturated rings. The summed E-state index contributed by atoms with van der Waals surface area (Å²) in [6.07, 6.45) is 5.79. The molecule has 1 atom stereocenters. The van der Waals surface area contributed by atoms with Crippen LogP contribution in [0, 0.1) is 6.92 Å². The number of likely N-dealkylation sites (tertiary alicyclic amines) is 1. The summed E-state index contributed by atoms with van der Waals surface area (Å²) in [5.41, 5.74) is 2.94. The quantitative estimate of drug-likeness (QED) is 0.883. The number of nitrogens with one attached hydrogen (secondary N) is 1. The van der Waals surface area contributed by atoms with Gasteiger partial charge < -0.3 is 10.2 Å². The van der Waals surface area contributed by atoms with Crippen LogP contribution in [0.2, 0.25) is 0 Å². The van der Waals surface area contributed by atoms with Crippen molar-refractivity contribution in [2.45, 2.75) is 32.2 Å². The zero-order valence-electron chi connectivity index (χ0n) is 13.7. The second-order valence-corrected chi connectivity index (χ2v) is 6.18. The fourth-order valence-corrected chi connectivity index (χ4v) is 3.06. The molecule has 0 aliphatic carbocycles. The van der Waals surface area contributed by atoms with E-state index in [-0.39, 0.29) is 6.04 Å². The van der Waals surface area contributed by atoms with Crippen LogP contribution in [0.25, 0.3) is 0 Å². The minimum absolute atomic E-state index is 0.0832. The molecule has 2 heterocycles. The third-order valence-corrected chi connectivity index (χ3v) is 4.34. The summed E-state index contributed by atoms with van der Waals surface area (Å²) in [5, 5.41) is 2.62. The van der Waals surface area contributed by atoms with E-state index in [1.165, 1.54) is 17.3 Å². The topological polar surface area (TPSA) is 62.3 Å². The number of carbonyl (C=O) groups is 2. The molecule has 3 rings (SSSR count). The minimum atomic E-state index is -0.598. The normalized spacial score (nSPS) is 16.9. The summed E-state index contributed by atoms with van der Waals surface area (Å²) in [4.78, 5) is 30.3. The Morgan fingerprint density at radius 3 is 2.75 bits per heavy atom. The molecule has 0 bridgehead atoms. The van der Waals surface area contributed by atoms with Gasteiger partial charge in [-0.15, -0.1) is 0 Å². The van der Waals surface area contributed by atoms with Crippen molar-refractivity contribution in [3.05, 3.63) is 59.9 Å². The first kappa shape index (κ1) is 16.2. The van der Waals surface area contributed by atoms with E-state index < -0.39 is 11.8 Å². The van der Waals surface area contributed by atoms with Crippen LogP contribution < -0.4 is 5.32 Å². The first-order chi connectivity index (χ1) is 11.6. The molecule has 2 amide bonds. The first-order valence-corrected chi connectivity index (χ1v) is 8.21. The summed E-state index contributed by atoms with van der Waals surface area (Å²) in [6.45, 7) is 2.69. The highest BCUT2D eigenvalue weighted by atomic mass is 16.2. The van der Waals surface area contributed by atoms with Crippen molar-refractivity contribution in [3.63, 3.8) is 0 Å². The number of benzene rings is 1. The number of nitrogens with zero attached hydrogens (tertiary/aromatic N) is 2. The van der Waals surface area contributed by atoms with Gasteiger partial charge in [0.2, 0.25) is 0 Å². The molecule has 1 aliphatic rings. The Labute approximate surface area is 141 Å². The number of rotatable bonds is 3. The van der Waals surface area contributed by atoms with Gasteiger partial charge in [-0.05, 0) is 43.9 Å². The van der Waals surface area contributed by atoms with Gasteiger partial charge in [-0.2, -0.15) is 0 Å². The van der Waals surface area contributed by atoms with Crippen molar-refractivity contribution in [3.8, 4) is 0 Å². The van der Waals surface area contributed by atoms with E-state index in [0.29, 0.717) is 12.2 Å². The molecule has 1 N–H and O–H groups in total. The fraction of sp³-hybridized carbons (Fsp3) is 0.316. The van der Waals surface area contributed by atoms with Crippen molar-refractivity contribution < 1.29 is 9.59 Å². The van der Waals surface area contributed by atoms with Crippen LogP contribution in [0.5, 0.6) is 0 Å². The van der Waals surface area contributed by atoms with Gasteiger partial charge >= 0.3 is 11.8 Å². The highest BCUT2D eigenvalue weighted by Gasteiger charge is 2.32. The van der Waals surface area contributed by atoms with Crippen LogP contribution in [0.15, 0.2) is 48.8 Å². The Kier molecular flexibility index (Phi) is 4.89. The molecule has 5 nitrogen and oxygen atoms in total. The zero-order valence-corrected chi connectivity index (χ0v) is 13.7. The minimum Gasteiger partial charge on any atom is -0.331 e. The van der Waals surface area contributed by atoms with E-state index in [4.69, 9.17) is 0 Å². The van der Waals surface area contributed by atoms with Crippen LogP contribution in [-0.4, -0.2) is 34.3 Å². The van der Waals surface area contributed by atoms with Crippen LogP contribution in [0.4, 0.5) is 5.69 Å². The SMILES string of the molecule is Cc1ccc(C[C@H]2CCCN2C(=O)C(=O)Nc2cccnc2)cc1. The van der Waals surface area contributed by atoms with Crippen molar-refractivity contribution >= 4 is 17.5 Å². The Morgan fingerprint density at radius 1 is 1.25 bits per heavy atom. The van der Waals surface area contributed by atoms with Gasteiger partial charge in [-0.25, -0.2) is 0 Å². The Morgan fingerprint density at radius 2 is 2.04 bits per heavy atom. The number of anilines is 1. The summed E-state index contributed by atoms with van der Waals surface area (Å²) >= 11 is 0. The predicted molar refractivity (Wildman–Crippen MR) is 92.5 cm³/mol. The summed E-state index contributed by atoms with van der Waals surface area (Å²) in [5.74, 6) is -1.06. The predicted octanol–water partition coefficient (Wildman–Crippen LogP) is 2.56. The summed E-state index contributed by atoms with van der Waals surface area (Å²) < 4.78 is 0. The number of amides is 2.